The number of fused-ring (bicyclic) bond motifs is 1. The van der Waals surface area contributed by atoms with Gasteiger partial charge in [0.15, 0.2) is 0 Å². The van der Waals surface area contributed by atoms with E-state index in [2.05, 4.69) is 24.2 Å². The molecule has 20 heavy (non-hydrogen) atoms. The molecule has 0 saturated carbocycles. The molecule has 1 unspecified atom stereocenters. The zero-order chi connectivity index (χ0) is 14.1. The molecule has 2 heterocycles. The number of aryl methyl sites for hydroxylation is 1. The Balaban J connectivity index is 1.94. The summed E-state index contributed by atoms with van der Waals surface area (Å²) < 4.78 is 2.67. The highest BCUT2D eigenvalue weighted by molar-refractivity contribution is 7.16. The first-order valence-corrected chi connectivity index (χ1v) is 7.76. The predicted octanol–water partition coefficient (Wildman–Crippen LogP) is 4.05. The Labute approximate surface area is 126 Å². The van der Waals surface area contributed by atoms with Crippen LogP contribution in [0.15, 0.2) is 36.4 Å². The van der Waals surface area contributed by atoms with Gasteiger partial charge in [-0.3, -0.25) is 4.68 Å². The topological polar surface area (TPSA) is 38.0 Å². The van der Waals surface area contributed by atoms with E-state index in [9.17, 15) is 5.11 Å². The molecule has 1 atom stereocenters. The van der Waals surface area contributed by atoms with Gasteiger partial charge in [0.1, 0.15) is 0 Å². The van der Waals surface area contributed by atoms with Crippen molar-refractivity contribution in [2.24, 2.45) is 0 Å². The zero-order valence-corrected chi connectivity index (χ0v) is 12.7. The summed E-state index contributed by atoms with van der Waals surface area (Å²) >= 11 is 7.33. The second-order valence-electron chi connectivity index (χ2n) is 4.64. The Kier molecular flexibility index (Phi) is 3.78. The van der Waals surface area contributed by atoms with E-state index in [0.717, 1.165) is 28.0 Å². The summed E-state index contributed by atoms with van der Waals surface area (Å²) in [6, 6.07) is 11.8. The lowest BCUT2D eigenvalue weighted by molar-refractivity contribution is 0.181. The van der Waals surface area contributed by atoms with Crippen LogP contribution < -0.4 is 0 Å². The summed E-state index contributed by atoms with van der Waals surface area (Å²) in [5.74, 6) is 0. The second-order valence-corrected chi connectivity index (χ2v) is 6.39. The van der Waals surface area contributed by atoms with E-state index in [1.807, 2.05) is 28.9 Å². The number of aliphatic hydroxyl groups excluding tert-OH is 1. The maximum atomic E-state index is 10.3. The van der Waals surface area contributed by atoms with E-state index in [4.69, 9.17) is 11.6 Å². The monoisotopic (exact) mass is 306 g/mol. The van der Waals surface area contributed by atoms with Gasteiger partial charge in [-0.15, -0.1) is 11.3 Å². The first-order chi connectivity index (χ1) is 9.69. The highest BCUT2D eigenvalue weighted by Gasteiger charge is 2.16. The van der Waals surface area contributed by atoms with Crippen molar-refractivity contribution in [1.82, 2.24) is 9.78 Å². The van der Waals surface area contributed by atoms with Gasteiger partial charge in [-0.2, -0.15) is 5.10 Å². The minimum absolute atomic E-state index is 0.504. The first-order valence-electron chi connectivity index (χ1n) is 6.56. The summed E-state index contributed by atoms with van der Waals surface area (Å²) in [7, 11) is 0. The van der Waals surface area contributed by atoms with Crippen molar-refractivity contribution in [3.05, 3.63) is 51.3 Å². The number of para-hydroxylation sites is 1. The van der Waals surface area contributed by atoms with Crippen LogP contribution >= 0.6 is 22.9 Å². The quantitative estimate of drug-likeness (QED) is 0.789. The number of nitrogens with zero attached hydrogens (tertiary/aromatic N) is 2. The van der Waals surface area contributed by atoms with Gasteiger partial charge in [-0.05, 0) is 25.1 Å². The lowest BCUT2D eigenvalue weighted by Gasteiger charge is -2.06. The maximum Gasteiger partial charge on any atom is 0.0938 e. The van der Waals surface area contributed by atoms with E-state index < -0.39 is 6.10 Å². The highest BCUT2D eigenvalue weighted by Crippen LogP contribution is 2.30. The number of benzene rings is 1. The molecule has 0 aliphatic rings. The van der Waals surface area contributed by atoms with Crippen LogP contribution in [0.5, 0.6) is 0 Å². The van der Waals surface area contributed by atoms with Crippen molar-refractivity contribution in [1.29, 1.82) is 0 Å². The minimum Gasteiger partial charge on any atom is -0.387 e. The smallest absolute Gasteiger partial charge is 0.0938 e. The molecule has 3 rings (SSSR count). The third kappa shape index (κ3) is 2.46. The number of aromatic nitrogens is 2. The predicted molar refractivity (Wildman–Crippen MR) is 83.4 cm³/mol. The van der Waals surface area contributed by atoms with Crippen LogP contribution in [-0.4, -0.2) is 14.9 Å². The van der Waals surface area contributed by atoms with Crippen LogP contribution in [0.25, 0.3) is 10.9 Å². The van der Waals surface area contributed by atoms with Crippen molar-refractivity contribution in [3.8, 4) is 0 Å². The van der Waals surface area contributed by atoms with Crippen molar-refractivity contribution in [3.63, 3.8) is 0 Å². The Morgan fingerprint density at radius 3 is 2.80 bits per heavy atom. The number of rotatable bonds is 4. The lowest BCUT2D eigenvalue weighted by Crippen LogP contribution is -2.02. The van der Waals surface area contributed by atoms with E-state index in [-0.39, 0.29) is 0 Å². The van der Waals surface area contributed by atoms with Gasteiger partial charge in [0.05, 0.1) is 21.7 Å². The number of hydrogen-bond acceptors (Lipinski definition) is 3. The summed E-state index contributed by atoms with van der Waals surface area (Å²) in [5.41, 5.74) is 2.04. The number of hydrogen-bond donors (Lipinski definition) is 1. The highest BCUT2D eigenvalue weighted by atomic mass is 35.5. The van der Waals surface area contributed by atoms with Gasteiger partial charge in [-0.1, -0.05) is 29.8 Å². The van der Waals surface area contributed by atoms with E-state index in [1.165, 1.54) is 11.3 Å². The second kappa shape index (κ2) is 5.56. The number of halogens is 1. The van der Waals surface area contributed by atoms with Crippen molar-refractivity contribution in [2.75, 3.05) is 0 Å². The van der Waals surface area contributed by atoms with Crippen LogP contribution in [0.4, 0.5) is 0 Å². The molecule has 2 aromatic heterocycles. The molecule has 0 aliphatic carbocycles. The largest absolute Gasteiger partial charge is 0.387 e. The van der Waals surface area contributed by atoms with Crippen LogP contribution in [0, 0.1) is 0 Å². The first kappa shape index (κ1) is 13.6. The Bertz CT molecular complexity index is 734. The Morgan fingerprint density at radius 2 is 2.10 bits per heavy atom. The lowest BCUT2D eigenvalue weighted by atomic mass is 10.1. The molecule has 3 aromatic rings. The number of aliphatic hydroxyl groups is 1. The summed E-state index contributed by atoms with van der Waals surface area (Å²) in [5, 5.41) is 16.0. The van der Waals surface area contributed by atoms with E-state index >= 15 is 0 Å². The fraction of sp³-hybridized carbons (Fsp3) is 0.267. The minimum atomic E-state index is -0.559. The fourth-order valence-electron chi connectivity index (χ4n) is 2.38. The van der Waals surface area contributed by atoms with Crippen molar-refractivity contribution in [2.45, 2.75) is 26.0 Å². The molecule has 0 bridgehead atoms. The molecule has 0 aliphatic heterocycles. The molecule has 0 spiro atoms. The summed E-state index contributed by atoms with van der Waals surface area (Å²) in [6.07, 6.45) is -0.0548. The molecule has 5 heteroatoms. The molecule has 0 saturated heterocycles. The zero-order valence-electron chi connectivity index (χ0n) is 11.1. The van der Waals surface area contributed by atoms with Crippen LogP contribution in [-0.2, 0) is 13.0 Å². The fourth-order valence-corrected chi connectivity index (χ4v) is 3.43. The number of thiophene rings is 1. The van der Waals surface area contributed by atoms with Crippen LogP contribution in [0.2, 0.25) is 4.34 Å². The SMILES string of the molecule is CCn1nc(CC(O)c2ccc(Cl)s2)c2ccccc21. The van der Waals surface area contributed by atoms with Gasteiger partial charge in [-0.25, -0.2) is 0 Å². The average Bonchev–Trinajstić information content (AvgIpc) is 3.03. The van der Waals surface area contributed by atoms with E-state index in [1.54, 1.807) is 0 Å². The molecule has 0 radical (unpaired) electrons. The molecule has 1 N–H and O–H groups in total. The molecule has 0 amide bonds. The third-order valence-electron chi connectivity index (χ3n) is 3.34. The standard InChI is InChI=1S/C15H15ClN2OS/c1-2-18-12-6-4-3-5-10(12)11(17-18)9-13(19)14-7-8-15(16)20-14/h3-8,13,19H,2,9H2,1H3. The van der Waals surface area contributed by atoms with Crippen LogP contribution in [0.3, 0.4) is 0 Å². The molecule has 0 fully saturated rings. The normalized spacial score (nSPS) is 12.9. The average molecular weight is 307 g/mol. The van der Waals surface area contributed by atoms with Gasteiger partial charge < -0.3 is 5.11 Å². The summed E-state index contributed by atoms with van der Waals surface area (Å²) in [4.78, 5) is 0.880. The molecule has 3 nitrogen and oxygen atoms in total. The third-order valence-corrected chi connectivity index (χ3v) is 4.68. The van der Waals surface area contributed by atoms with Gasteiger partial charge in [0.2, 0.25) is 0 Å². The molecule has 1 aromatic carbocycles. The van der Waals surface area contributed by atoms with Gasteiger partial charge in [0, 0.05) is 23.2 Å². The Hall–Kier alpha value is -1.36. The van der Waals surface area contributed by atoms with Gasteiger partial charge in [0.25, 0.3) is 0 Å². The van der Waals surface area contributed by atoms with E-state index in [0.29, 0.717) is 10.8 Å². The van der Waals surface area contributed by atoms with Crippen LogP contribution in [0.1, 0.15) is 23.6 Å². The Morgan fingerprint density at radius 1 is 1.30 bits per heavy atom. The molecular formula is C15H15ClN2OS. The van der Waals surface area contributed by atoms with Crippen molar-refractivity contribution >= 4 is 33.8 Å². The maximum absolute atomic E-state index is 10.3. The van der Waals surface area contributed by atoms with Crippen molar-refractivity contribution < 1.29 is 5.11 Å². The summed E-state index contributed by atoms with van der Waals surface area (Å²) in [6.45, 7) is 2.89. The molecular weight excluding hydrogens is 292 g/mol. The molecule has 104 valence electrons. The van der Waals surface area contributed by atoms with Gasteiger partial charge >= 0.3 is 0 Å².